The van der Waals surface area contributed by atoms with Gasteiger partial charge in [0.25, 0.3) is 0 Å². The zero-order chi connectivity index (χ0) is 20.4. The highest BCUT2D eigenvalue weighted by molar-refractivity contribution is 5.97. The monoisotopic (exact) mass is 380 g/mol. The van der Waals surface area contributed by atoms with Crippen molar-refractivity contribution in [1.82, 2.24) is 4.90 Å². The van der Waals surface area contributed by atoms with Gasteiger partial charge in [0.05, 0.1) is 16.8 Å². The summed E-state index contributed by atoms with van der Waals surface area (Å²) in [5.41, 5.74) is 0.333. The van der Waals surface area contributed by atoms with Gasteiger partial charge in [0, 0.05) is 26.2 Å². The van der Waals surface area contributed by atoms with Crippen LogP contribution in [-0.4, -0.2) is 59.0 Å². The smallest absolute Gasteiger partial charge is 0.410 e. The van der Waals surface area contributed by atoms with Gasteiger partial charge in [0.2, 0.25) is 6.29 Å². The number of cyclic esters (lactones) is 1. The molecule has 2 aliphatic heterocycles. The number of hydrogen-bond acceptors (Lipinski definition) is 7. The number of amides is 1. The first-order chi connectivity index (χ1) is 12.7. The number of piperazine rings is 1. The first-order valence-electron chi connectivity index (χ1n) is 9.15. The highest BCUT2D eigenvalue weighted by Crippen LogP contribution is 2.42. The number of hydrogen-bond donors (Lipinski definition) is 2. The van der Waals surface area contributed by atoms with Gasteiger partial charge >= 0.3 is 12.1 Å². The summed E-state index contributed by atoms with van der Waals surface area (Å²) < 4.78 is 10.2. The minimum Gasteiger partial charge on any atom is -0.506 e. The first kappa shape index (κ1) is 20.8. The molecule has 1 amide bonds. The number of ether oxygens (including phenoxy) is 2. The molecule has 1 atom stereocenters. The molecule has 0 saturated carbocycles. The number of carbonyl (C=O) groups is 2. The zero-order valence-electron chi connectivity index (χ0n) is 16.5. The van der Waals surface area contributed by atoms with Gasteiger partial charge in [-0.05, 0) is 32.9 Å². The van der Waals surface area contributed by atoms with Crippen LogP contribution in [0.1, 0.15) is 56.8 Å². The number of rotatable bonds is 1. The Kier molecular flexibility index (Phi) is 6.20. The van der Waals surface area contributed by atoms with Gasteiger partial charge in [-0.2, -0.15) is 0 Å². The Balaban J connectivity index is 0.00000126. The van der Waals surface area contributed by atoms with Crippen LogP contribution in [-0.2, 0) is 9.47 Å². The standard InChI is InChI=1S/C17H22N2O6.C2H6/c1-17(2,3)25-16(23)19-8-6-18(7-9-19)13-11(20)5-4-10-12(13)15(22)24-14(10)21;1-2/h4-5,15,20,22H,6-9H2,1-3H3;1-2H3. The second-order valence-electron chi connectivity index (χ2n) is 7.11. The lowest BCUT2D eigenvalue weighted by molar-refractivity contribution is -0.0546. The third kappa shape index (κ3) is 4.44. The van der Waals surface area contributed by atoms with Crippen LogP contribution in [0.3, 0.4) is 0 Å². The summed E-state index contributed by atoms with van der Waals surface area (Å²) >= 11 is 0. The van der Waals surface area contributed by atoms with E-state index in [2.05, 4.69) is 0 Å². The number of nitrogens with zero attached hydrogens (tertiary/aromatic N) is 2. The molecule has 8 heteroatoms. The first-order valence-corrected chi connectivity index (χ1v) is 9.15. The van der Waals surface area contributed by atoms with Crippen molar-refractivity contribution in [2.75, 3.05) is 31.1 Å². The molecule has 1 unspecified atom stereocenters. The van der Waals surface area contributed by atoms with Crippen molar-refractivity contribution < 1.29 is 29.3 Å². The fourth-order valence-electron chi connectivity index (χ4n) is 3.02. The number of aliphatic hydroxyl groups excluding tert-OH is 1. The number of phenolic OH excluding ortho intramolecular Hbond substituents is 1. The number of carbonyl (C=O) groups excluding carboxylic acids is 2. The molecular formula is C19H28N2O6. The quantitative estimate of drug-likeness (QED) is 0.723. The van der Waals surface area contributed by atoms with E-state index in [1.807, 2.05) is 39.5 Å². The van der Waals surface area contributed by atoms with E-state index >= 15 is 0 Å². The van der Waals surface area contributed by atoms with Crippen molar-refractivity contribution in [3.05, 3.63) is 23.3 Å². The Morgan fingerprint density at radius 1 is 1.19 bits per heavy atom. The molecule has 2 aliphatic rings. The highest BCUT2D eigenvalue weighted by Gasteiger charge is 2.36. The van der Waals surface area contributed by atoms with Gasteiger partial charge < -0.3 is 29.5 Å². The number of aromatic hydroxyl groups is 1. The summed E-state index contributed by atoms with van der Waals surface area (Å²) in [5, 5.41) is 20.2. The number of esters is 1. The van der Waals surface area contributed by atoms with Gasteiger partial charge in [0.15, 0.2) is 0 Å². The molecule has 0 radical (unpaired) electrons. The van der Waals surface area contributed by atoms with Crippen LogP contribution in [0.25, 0.3) is 0 Å². The number of aliphatic hydroxyl groups is 1. The Bertz CT molecular complexity index is 705. The van der Waals surface area contributed by atoms with Crippen molar-refractivity contribution in [2.24, 2.45) is 0 Å². The summed E-state index contributed by atoms with van der Waals surface area (Å²) in [5.74, 6) is -0.655. The largest absolute Gasteiger partial charge is 0.506 e. The predicted molar refractivity (Wildman–Crippen MR) is 99.9 cm³/mol. The molecule has 150 valence electrons. The Labute approximate surface area is 159 Å². The fourth-order valence-corrected chi connectivity index (χ4v) is 3.02. The summed E-state index contributed by atoms with van der Waals surface area (Å²) in [6.45, 7) is 11.1. The number of fused-ring (bicyclic) bond motifs is 1. The summed E-state index contributed by atoms with van der Waals surface area (Å²) in [6.07, 6.45) is -1.78. The third-order valence-electron chi connectivity index (χ3n) is 4.13. The molecule has 8 nitrogen and oxygen atoms in total. The van der Waals surface area contributed by atoms with Gasteiger partial charge in [-0.3, -0.25) is 0 Å². The van der Waals surface area contributed by atoms with E-state index in [-0.39, 0.29) is 23.0 Å². The molecule has 0 bridgehead atoms. The summed E-state index contributed by atoms with van der Waals surface area (Å²) in [7, 11) is 0. The van der Waals surface area contributed by atoms with Crippen LogP contribution < -0.4 is 4.90 Å². The minimum atomic E-state index is -1.39. The summed E-state index contributed by atoms with van der Waals surface area (Å²) in [4.78, 5) is 27.3. The second kappa shape index (κ2) is 8.04. The number of phenols is 1. The van der Waals surface area contributed by atoms with Crippen molar-refractivity contribution in [3.8, 4) is 5.75 Å². The van der Waals surface area contributed by atoms with Crippen molar-refractivity contribution in [2.45, 2.75) is 46.5 Å². The summed E-state index contributed by atoms with van der Waals surface area (Å²) in [6, 6.07) is 2.84. The molecule has 1 aromatic rings. The molecule has 1 saturated heterocycles. The fraction of sp³-hybridized carbons (Fsp3) is 0.579. The lowest BCUT2D eigenvalue weighted by atomic mass is 10.0. The van der Waals surface area contributed by atoms with E-state index in [0.29, 0.717) is 31.9 Å². The van der Waals surface area contributed by atoms with Crippen LogP contribution >= 0.6 is 0 Å². The van der Waals surface area contributed by atoms with Crippen LogP contribution in [0.4, 0.5) is 10.5 Å². The molecule has 1 fully saturated rings. The van der Waals surface area contributed by atoms with Crippen LogP contribution in [0.5, 0.6) is 5.75 Å². The minimum absolute atomic E-state index is 0.0400. The van der Waals surface area contributed by atoms with E-state index in [9.17, 15) is 19.8 Å². The van der Waals surface area contributed by atoms with Crippen molar-refractivity contribution >= 4 is 17.7 Å². The van der Waals surface area contributed by atoms with Crippen LogP contribution in [0, 0.1) is 0 Å². The average Bonchev–Trinajstić information content (AvgIpc) is 2.89. The maximum Gasteiger partial charge on any atom is 0.410 e. The molecular weight excluding hydrogens is 352 g/mol. The Morgan fingerprint density at radius 3 is 2.33 bits per heavy atom. The SMILES string of the molecule is CC.CC(C)(C)OC(=O)N1CCN(c2c(O)ccc3c2C(O)OC3=O)CC1. The molecule has 27 heavy (non-hydrogen) atoms. The topological polar surface area (TPSA) is 99.5 Å². The van der Waals surface area contributed by atoms with Crippen molar-refractivity contribution in [3.63, 3.8) is 0 Å². The maximum atomic E-state index is 12.1. The second-order valence-corrected chi connectivity index (χ2v) is 7.11. The molecule has 0 aromatic heterocycles. The maximum absolute atomic E-state index is 12.1. The molecule has 3 rings (SSSR count). The van der Waals surface area contributed by atoms with Gasteiger partial charge in [-0.15, -0.1) is 0 Å². The number of anilines is 1. The Morgan fingerprint density at radius 2 is 1.78 bits per heavy atom. The lowest BCUT2D eigenvalue weighted by Gasteiger charge is -2.37. The van der Waals surface area contributed by atoms with E-state index in [1.165, 1.54) is 12.1 Å². The molecule has 2 N–H and O–H groups in total. The van der Waals surface area contributed by atoms with Gasteiger partial charge in [-0.1, -0.05) is 13.8 Å². The van der Waals surface area contributed by atoms with Crippen molar-refractivity contribution in [1.29, 1.82) is 0 Å². The molecule has 0 aliphatic carbocycles. The predicted octanol–water partition coefficient (Wildman–Crippen LogP) is 2.64. The normalized spacial score (nSPS) is 19.0. The Hall–Kier alpha value is -2.48. The highest BCUT2D eigenvalue weighted by atomic mass is 16.6. The van der Waals surface area contributed by atoms with Gasteiger partial charge in [-0.25, -0.2) is 9.59 Å². The number of benzene rings is 1. The van der Waals surface area contributed by atoms with E-state index in [0.717, 1.165) is 0 Å². The van der Waals surface area contributed by atoms with E-state index in [4.69, 9.17) is 9.47 Å². The van der Waals surface area contributed by atoms with Gasteiger partial charge in [0.1, 0.15) is 11.4 Å². The van der Waals surface area contributed by atoms with Crippen LogP contribution in [0.15, 0.2) is 12.1 Å². The molecule has 2 heterocycles. The average molecular weight is 380 g/mol. The van der Waals surface area contributed by atoms with E-state index in [1.54, 1.807) is 4.90 Å². The third-order valence-corrected chi connectivity index (χ3v) is 4.13. The zero-order valence-corrected chi connectivity index (χ0v) is 16.5. The van der Waals surface area contributed by atoms with Crippen LogP contribution in [0.2, 0.25) is 0 Å². The molecule has 1 aromatic carbocycles. The molecule has 0 spiro atoms. The van der Waals surface area contributed by atoms with E-state index < -0.39 is 17.9 Å². The lowest BCUT2D eigenvalue weighted by Crippen LogP contribution is -2.50.